The Morgan fingerprint density at radius 1 is 1.64 bits per heavy atom. The number of hydrogen-bond acceptors (Lipinski definition) is 4. The largest absolute Gasteiger partial charge is 0.465 e. The Morgan fingerprint density at radius 3 is 2.93 bits per heavy atom. The smallest absolute Gasteiger partial charge is 0.348 e. The van der Waals surface area contributed by atoms with E-state index in [1.54, 1.807) is 0 Å². The lowest BCUT2D eigenvalue weighted by atomic mass is 10.2. The highest BCUT2D eigenvalue weighted by molar-refractivity contribution is 7.14. The van der Waals surface area contributed by atoms with Crippen LogP contribution in [-0.4, -0.2) is 24.8 Å². The molecule has 0 unspecified atom stereocenters. The monoisotopic (exact) mass is 214 g/mol. The van der Waals surface area contributed by atoms with Crippen LogP contribution >= 0.6 is 11.3 Å². The highest BCUT2D eigenvalue weighted by Crippen LogP contribution is 2.23. The van der Waals surface area contributed by atoms with Crippen LogP contribution in [0.3, 0.4) is 0 Å². The second-order valence-corrected chi connectivity index (χ2v) is 4.17. The molecular formula is C10H14O3S. The molecule has 0 bridgehead atoms. The highest BCUT2D eigenvalue weighted by atomic mass is 32.1. The van der Waals surface area contributed by atoms with E-state index in [0.29, 0.717) is 4.88 Å². The van der Waals surface area contributed by atoms with Crippen molar-refractivity contribution in [1.82, 2.24) is 0 Å². The third-order valence-electron chi connectivity index (χ3n) is 1.97. The zero-order valence-corrected chi connectivity index (χ0v) is 9.19. The van der Waals surface area contributed by atoms with Gasteiger partial charge in [-0.15, -0.1) is 11.3 Å². The molecule has 0 aliphatic rings. The normalized spacial score (nSPS) is 10.2. The van der Waals surface area contributed by atoms with Gasteiger partial charge in [0.15, 0.2) is 0 Å². The van der Waals surface area contributed by atoms with Crippen LogP contribution in [0.15, 0.2) is 6.07 Å². The molecule has 1 aromatic rings. The van der Waals surface area contributed by atoms with E-state index >= 15 is 0 Å². The molecule has 0 aliphatic heterocycles. The Balaban J connectivity index is 2.76. The van der Waals surface area contributed by atoms with Gasteiger partial charge in [-0.1, -0.05) is 0 Å². The van der Waals surface area contributed by atoms with Crippen LogP contribution in [-0.2, 0) is 11.2 Å². The summed E-state index contributed by atoms with van der Waals surface area (Å²) in [5.74, 6) is -0.284. The summed E-state index contributed by atoms with van der Waals surface area (Å²) in [7, 11) is 1.38. The van der Waals surface area contributed by atoms with E-state index in [2.05, 4.69) is 4.74 Å². The average molecular weight is 214 g/mol. The van der Waals surface area contributed by atoms with E-state index in [9.17, 15) is 4.79 Å². The van der Waals surface area contributed by atoms with Crippen molar-refractivity contribution in [2.24, 2.45) is 0 Å². The van der Waals surface area contributed by atoms with E-state index in [4.69, 9.17) is 5.11 Å². The minimum Gasteiger partial charge on any atom is -0.465 e. The number of esters is 1. The molecule has 4 heteroatoms. The molecule has 0 fully saturated rings. The van der Waals surface area contributed by atoms with Crippen LogP contribution in [0.2, 0.25) is 0 Å². The van der Waals surface area contributed by atoms with Gasteiger partial charge in [0.2, 0.25) is 0 Å². The van der Waals surface area contributed by atoms with E-state index in [1.807, 2.05) is 13.0 Å². The number of ether oxygens (including phenoxy) is 1. The summed E-state index contributed by atoms with van der Waals surface area (Å²) < 4.78 is 4.63. The Bertz CT molecular complexity index is 317. The van der Waals surface area contributed by atoms with Crippen molar-refractivity contribution in [2.45, 2.75) is 19.8 Å². The Morgan fingerprint density at radius 2 is 2.36 bits per heavy atom. The number of methoxy groups -OCH3 is 1. The quantitative estimate of drug-likeness (QED) is 0.777. The maximum atomic E-state index is 11.2. The molecule has 1 heterocycles. The van der Waals surface area contributed by atoms with Crippen LogP contribution in [0.25, 0.3) is 0 Å². The zero-order valence-electron chi connectivity index (χ0n) is 8.37. The molecule has 14 heavy (non-hydrogen) atoms. The molecule has 1 N–H and O–H groups in total. The molecule has 0 spiro atoms. The van der Waals surface area contributed by atoms with E-state index in [0.717, 1.165) is 23.3 Å². The second-order valence-electron chi connectivity index (χ2n) is 3.04. The van der Waals surface area contributed by atoms with E-state index in [1.165, 1.54) is 18.4 Å². The fourth-order valence-electron chi connectivity index (χ4n) is 1.21. The number of thiophene rings is 1. The minimum atomic E-state index is -0.284. The lowest BCUT2D eigenvalue weighted by Crippen LogP contribution is -1.96. The van der Waals surface area contributed by atoms with Crippen molar-refractivity contribution in [2.75, 3.05) is 13.7 Å². The molecule has 78 valence electrons. The van der Waals surface area contributed by atoms with Crippen molar-refractivity contribution in [1.29, 1.82) is 0 Å². The number of hydrogen-bond donors (Lipinski definition) is 1. The van der Waals surface area contributed by atoms with Crippen LogP contribution in [0.1, 0.15) is 26.5 Å². The van der Waals surface area contributed by atoms with Gasteiger partial charge >= 0.3 is 5.97 Å². The molecular weight excluding hydrogens is 200 g/mol. The number of carbonyl (C=O) groups is 1. The fraction of sp³-hybridized carbons (Fsp3) is 0.500. The number of aliphatic hydroxyl groups excluding tert-OH is 1. The number of carbonyl (C=O) groups excluding carboxylic acids is 1. The lowest BCUT2D eigenvalue weighted by Gasteiger charge is -1.95. The first kappa shape index (κ1) is 11.2. The van der Waals surface area contributed by atoms with Crippen molar-refractivity contribution in [3.8, 4) is 0 Å². The predicted molar refractivity (Wildman–Crippen MR) is 55.8 cm³/mol. The third-order valence-corrected chi connectivity index (χ3v) is 3.25. The summed E-state index contributed by atoms with van der Waals surface area (Å²) in [5, 5.41) is 8.69. The number of rotatable bonds is 4. The summed E-state index contributed by atoms with van der Waals surface area (Å²) in [5.41, 5.74) is 1.10. The third kappa shape index (κ3) is 2.56. The first-order valence-electron chi connectivity index (χ1n) is 4.47. The maximum absolute atomic E-state index is 11.2. The standard InChI is InChI=1S/C10H14O3S/c1-7-6-9(10(12)13-2)14-8(7)4-3-5-11/h6,11H,3-5H2,1-2H3. The van der Waals surface area contributed by atoms with Crippen molar-refractivity contribution < 1.29 is 14.6 Å². The molecule has 0 aliphatic carbocycles. The van der Waals surface area contributed by atoms with Gasteiger partial charge in [0.1, 0.15) is 4.88 Å². The van der Waals surface area contributed by atoms with Gasteiger partial charge in [0.05, 0.1) is 7.11 Å². The van der Waals surface area contributed by atoms with Crippen LogP contribution in [0.4, 0.5) is 0 Å². The van der Waals surface area contributed by atoms with E-state index < -0.39 is 0 Å². The van der Waals surface area contributed by atoms with E-state index in [-0.39, 0.29) is 12.6 Å². The number of aliphatic hydroxyl groups is 1. The van der Waals surface area contributed by atoms with Crippen LogP contribution in [0.5, 0.6) is 0 Å². The van der Waals surface area contributed by atoms with Gasteiger partial charge in [-0.05, 0) is 31.4 Å². The maximum Gasteiger partial charge on any atom is 0.348 e. The van der Waals surface area contributed by atoms with Crippen LogP contribution in [0, 0.1) is 6.92 Å². The lowest BCUT2D eigenvalue weighted by molar-refractivity contribution is 0.0606. The summed E-state index contributed by atoms with van der Waals surface area (Å²) in [4.78, 5) is 13.0. The Kier molecular flexibility index (Phi) is 4.10. The summed E-state index contributed by atoms with van der Waals surface area (Å²) in [6, 6.07) is 1.84. The second kappa shape index (κ2) is 5.12. The first-order chi connectivity index (χ1) is 6.69. The highest BCUT2D eigenvalue weighted by Gasteiger charge is 2.11. The topological polar surface area (TPSA) is 46.5 Å². The summed E-state index contributed by atoms with van der Waals surface area (Å²) in [6.45, 7) is 2.15. The zero-order chi connectivity index (χ0) is 10.6. The van der Waals surface area contributed by atoms with Crippen molar-refractivity contribution in [3.05, 3.63) is 21.4 Å². The Labute approximate surface area is 87.3 Å². The molecule has 1 aromatic heterocycles. The molecule has 0 aromatic carbocycles. The first-order valence-corrected chi connectivity index (χ1v) is 5.29. The summed E-state index contributed by atoms with van der Waals surface area (Å²) in [6.07, 6.45) is 1.56. The molecule has 0 saturated carbocycles. The molecule has 0 radical (unpaired) electrons. The van der Waals surface area contributed by atoms with Gasteiger partial charge in [-0.2, -0.15) is 0 Å². The van der Waals surface area contributed by atoms with Gasteiger partial charge in [-0.25, -0.2) is 4.79 Å². The minimum absolute atomic E-state index is 0.185. The average Bonchev–Trinajstić information content (AvgIpc) is 2.56. The van der Waals surface area contributed by atoms with Gasteiger partial charge in [0.25, 0.3) is 0 Å². The van der Waals surface area contributed by atoms with Crippen LogP contribution < -0.4 is 0 Å². The fourth-order valence-corrected chi connectivity index (χ4v) is 2.34. The van der Waals surface area contributed by atoms with Gasteiger partial charge in [0, 0.05) is 11.5 Å². The molecule has 3 nitrogen and oxygen atoms in total. The number of aryl methyl sites for hydroxylation is 2. The molecule has 0 atom stereocenters. The molecule has 1 rings (SSSR count). The van der Waals surface area contributed by atoms with Gasteiger partial charge < -0.3 is 9.84 Å². The van der Waals surface area contributed by atoms with Gasteiger partial charge in [-0.3, -0.25) is 0 Å². The Hall–Kier alpha value is -0.870. The summed E-state index contributed by atoms with van der Waals surface area (Å²) >= 11 is 1.45. The molecule has 0 amide bonds. The van der Waals surface area contributed by atoms with Crippen molar-refractivity contribution >= 4 is 17.3 Å². The molecule has 0 saturated heterocycles. The predicted octanol–water partition coefficient (Wildman–Crippen LogP) is 1.77. The van der Waals surface area contributed by atoms with Crippen molar-refractivity contribution in [3.63, 3.8) is 0 Å². The SMILES string of the molecule is COC(=O)c1cc(C)c(CCCO)s1.